The summed E-state index contributed by atoms with van der Waals surface area (Å²) in [5.41, 5.74) is -0.721. The van der Waals surface area contributed by atoms with E-state index in [9.17, 15) is 14.7 Å². The zero-order valence-electron chi connectivity index (χ0n) is 17.8. The molecule has 0 spiro atoms. The second-order valence-electron chi connectivity index (χ2n) is 8.18. The molecule has 1 aromatic rings. The lowest BCUT2D eigenvalue weighted by molar-refractivity contribution is -0.149. The first-order valence-electron chi connectivity index (χ1n) is 9.95. The van der Waals surface area contributed by atoms with Gasteiger partial charge in [-0.15, -0.1) is 0 Å². The van der Waals surface area contributed by atoms with Crippen molar-refractivity contribution in [1.82, 2.24) is 4.90 Å². The molecule has 30 heavy (non-hydrogen) atoms. The summed E-state index contributed by atoms with van der Waals surface area (Å²) in [4.78, 5) is 30.9. The molecule has 3 rings (SSSR count). The van der Waals surface area contributed by atoms with Crippen LogP contribution in [0.25, 0.3) is 0 Å². The second kappa shape index (κ2) is 8.95. The van der Waals surface area contributed by atoms with Gasteiger partial charge in [0.1, 0.15) is 23.2 Å². The zero-order chi connectivity index (χ0) is 22.1. The fourth-order valence-electron chi connectivity index (χ4n) is 3.22. The van der Waals surface area contributed by atoms with Crippen LogP contribution in [0, 0.1) is 0 Å². The van der Waals surface area contributed by atoms with Gasteiger partial charge in [-0.05, 0) is 46.8 Å². The highest BCUT2D eigenvalue weighted by Gasteiger charge is 2.50. The fourth-order valence-corrected chi connectivity index (χ4v) is 4.54. The van der Waals surface area contributed by atoms with Crippen LogP contribution in [0.1, 0.15) is 45.0 Å². The minimum Gasteiger partial charge on any atom is -0.453 e. The van der Waals surface area contributed by atoms with Crippen LogP contribution in [0.15, 0.2) is 35.3 Å². The van der Waals surface area contributed by atoms with Gasteiger partial charge in [-0.2, -0.15) is 0 Å². The Morgan fingerprint density at radius 1 is 1.27 bits per heavy atom. The maximum Gasteiger partial charge on any atom is 0.416 e. The lowest BCUT2D eigenvalue weighted by Gasteiger charge is -2.38. The van der Waals surface area contributed by atoms with E-state index in [2.05, 4.69) is 4.99 Å². The van der Waals surface area contributed by atoms with Gasteiger partial charge in [0.25, 0.3) is 0 Å². The van der Waals surface area contributed by atoms with E-state index in [0.29, 0.717) is 17.3 Å². The summed E-state index contributed by atoms with van der Waals surface area (Å²) in [5, 5.41) is 11.3. The Morgan fingerprint density at radius 2 is 1.93 bits per heavy atom. The molecule has 9 heteroatoms. The van der Waals surface area contributed by atoms with Crippen molar-refractivity contribution in [2.75, 3.05) is 6.54 Å². The van der Waals surface area contributed by atoms with Crippen LogP contribution in [0.4, 0.5) is 4.79 Å². The zero-order valence-corrected chi connectivity index (χ0v) is 18.6. The summed E-state index contributed by atoms with van der Waals surface area (Å²) in [5.74, 6) is -0.535. The monoisotopic (exact) mass is 436 g/mol. The van der Waals surface area contributed by atoms with Crippen molar-refractivity contribution in [3.05, 3.63) is 35.9 Å². The first kappa shape index (κ1) is 22.6. The van der Waals surface area contributed by atoms with Crippen molar-refractivity contribution < 1.29 is 28.9 Å². The number of fused-ring (bicyclic) bond motifs is 1. The number of thioether (sulfide) groups is 1. The molecule has 0 saturated carbocycles. The van der Waals surface area contributed by atoms with Crippen molar-refractivity contribution in [3.8, 4) is 0 Å². The third kappa shape index (κ3) is 4.96. The summed E-state index contributed by atoms with van der Waals surface area (Å²) in [7, 11) is 0. The Labute approximate surface area is 180 Å². The molecular weight excluding hydrogens is 408 g/mol. The number of hydrogen-bond donors (Lipinski definition) is 1. The van der Waals surface area contributed by atoms with Gasteiger partial charge >= 0.3 is 12.1 Å². The molecule has 1 fully saturated rings. The van der Waals surface area contributed by atoms with Gasteiger partial charge in [-0.25, -0.2) is 9.59 Å². The number of amides is 1. The number of carbonyl (C=O) groups excluding carboxylic acids is 2. The normalized spacial score (nSPS) is 28.3. The summed E-state index contributed by atoms with van der Waals surface area (Å²) in [6.07, 6.45) is -2.98. The van der Waals surface area contributed by atoms with Crippen LogP contribution in [0.2, 0.25) is 0 Å². The van der Waals surface area contributed by atoms with Crippen LogP contribution in [0.5, 0.6) is 0 Å². The molecule has 0 bridgehead atoms. The van der Waals surface area contributed by atoms with E-state index >= 15 is 0 Å². The largest absolute Gasteiger partial charge is 0.453 e. The number of esters is 1. The predicted molar refractivity (Wildman–Crippen MR) is 113 cm³/mol. The molecule has 164 valence electrons. The maximum atomic E-state index is 12.5. The molecule has 2 heterocycles. The molecule has 8 nitrogen and oxygen atoms in total. The topological polar surface area (TPSA) is 97.7 Å². The highest BCUT2D eigenvalue weighted by Crippen LogP contribution is 2.38. The van der Waals surface area contributed by atoms with E-state index in [1.165, 1.54) is 16.7 Å². The summed E-state index contributed by atoms with van der Waals surface area (Å²) in [6.45, 7) is 9.30. The van der Waals surface area contributed by atoms with E-state index < -0.39 is 47.5 Å². The fraction of sp³-hybridized carbons (Fsp3) is 0.571. The van der Waals surface area contributed by atoms with Gasteiger partial charge in [0, 0.05) is 6.54 Å². The van der Waals surface area contributed by atoms with Gasteiger partial charge in [0.05, 0.1) is 11.7 Å². The second-order valence-corrected chi connectivity index (χ2v) is 9.25. The lowest BCUT2D eigenvalue weighted by atomic mass is 9.99. The number of ether oxygens (including phenoxy) is 3. The third-order valence-electron chi connectivity index (χ3n) is 4.67. The quantitative estimate of drug-likeness (QED) is 0.727. The molecule has 0 unspecified atom stereocenters. The van der Waals surface area contributed by atoms with E-state index in [1.807, 2.05) is 6.92 Å². The Morgan fingerprint density at radius 3 is 2.53 bits per heavy atom. The minimum atomic E-state index is -1.06. The number of aliphatic hydroxyl groups is 1. The van der Waals surface area contributed by atoms with Crippen molar-refractivity contribution in [2.45, 2.75) is 70.0 Å². The highest BCUT2D eigenvalue weighted by molar-refractivity contribution is 8.14. The molecule has 1 N–H and O–H groups in total. The average Bonchev–Trinajstić information content (AvgIpc) is 3.08. The van der Waals surface area contributed by atoms with Crippen LogP contribution >= 0.6 is 11.8 Å². The average molecular weight is 437 g/mol. The Balaban J connectivity index is 1.74. The van der Waals surface area contributed by atoms with Crippen molar-refractivity contribution >= 4 is 29.0 Å². The number of rotatable bonds is 3. The maximum absolute atomic E-state index is 12.5. The third-order valence-corrected chi connectivity index (χ3v) is 5.83. The Hall–Kier alpha value is -2.10. The van der Waals surface area contributed by atoms with Crippen LogP contribution in [-0.4, -0.2) is 69.2 Å². The Kier molecular flexibility index (Phi) is 6.74. The molecule has 0 aromatic heterocycles. The van der Waals surface area contributed by atoms with Crippen LogP contribution < -0.4 is 0 Å². The molecule has 5 atom stereocenters. The van der Waals surface area contributed by atoms with Gasteiger partial charge in [-0.3, -0.25) is 9.89 Å². The van der Waals surface area contributed by atoms with Crippen molar-refractivity contribution in [2.24, 2.45) is 4.99 Å². The van der Waals surface area contributed by atoms with Gasteiger partial charge in [-0.1, -0.05) is 30.0 Å². The molecule has 2 aliphatic rings. The van der Waals surface area contributed by atoms with E-state index in [0.717, 1.165) is 0 Å². The Bertz CT molecular complexity index is 809. The molecule has 0 radical (unpaired) electrons. The van der Waals surface area contributed by atoms with Gasteiger partial charge in [0.2, 0.25) is 0 Å². The molecule has 0 aliphatic carbocycles. The number of carbonyl (C=O) groups is 2. The number of aliphatic hydroxyl groups excluding tert-OH is 1. The number of aliphatic imine (C=N–C) groups is 1. The smallest absolute Gasteiger partial charge is 0.416 e. The SMILES string of the molecule is CCN(C(=O)OC(C)(C)C)C1=N[C@@H]2[C@H](O)[C@H](OC(=O)c3ccccc3)[C@@H](C)O[C@@H]2S1. The van der Waals surface area contributed by atoms with Crippen molar-refractivity contribution in [1.29, 1.82) is 0 Å². The number of hydrogen-bond acceptors (Lipinski definition) is 8. The first-order chi connectivity index (χ1) is 14.1. The molecule has 1 aromatic carbocycles. The number of benzene rings is 1. The number of nitrogens with zero attached hydrogens (tertiary/aromatic N) is 2. The van der Waals surface area contributed by atoms with Gasteiger partial charge < -0.3 is 19.3 Å². The van der Waals surface area contributed by atoms with Crippen molar-refractivity contribution in [3.63, 3.8) is 0 Å². The first-order valence-corrected chi connectivity index (χ1v) is 10.8. The highest BCUT2D eigenvalue weighted by atomic mass is 32.2. The van der Waals surface area contributed by atoms with E-state index in [4.69, 9.17) is 14.2 Å². The van der Waals surface area contributed by atoms with E-state index in [-0.39, 0.29) is 0 Å². The number of amidine groups is 1. The predicted octanol–water partition coefficient (Wildman–Crippen LogP) is 3.05. The summed E-state index contributed by atoms with van der Waals surface area (Å²) in [6, 6.07) is 7.92. The molecule has 1 amide bonds. The molecule has 2 aliphatic heterocycles. The van der Waals surface area contributed by atoms with Gasteiger partial charge in [0.15, 0.2) is 11.3 Å². The standard InChI is InChI=1S/C21H28N2O6S/c1-6-23(20(26)29-21(3,4)5)19-22-14-15(24)16(12(2)27-18(14)30-19)28-17(25)13-10-8-7-9-11-13/h7-12,14-16,18,24H,6H2,1-5H3/t12-,14-,15+,16-,18-/m1/s1. The summed E-state index contributed by atoms with van der Waals surface area (Å²) >= 11 is 1.26. The molecule has 1 saturated heterocycles. The molecular formula is C21H28N2O6S. The minimum absolute atomic E-state index is 0.359. The lowest BCUT2D eigenvalue weighted by Crippen LogP contribution is -2.55. The van der Waals surface area contributed by atoms with Crippen LogP contribution in [-0.2, 0) is 14.2 Å². The van der Waals surface area contributed by atoms with Crippen LogP contribution in [0.3, 0.4) is 0 Å². The van der Waals surface area contributed by atoms with E-state index in [1.54, 1.807) is 58.0 Å². The summed E-state index contributed by atoms with van der Waals surface area (Å²) < 4.78 is 17.0.